The zero-order valence-electron chi connectivity index (χ0n) is 9.99. The third kappa shape index (κ3) is 1.80. The average Bonchev–Trinajstić information content (AvgIpc) is 2.36. The topological polar surface area (TPSA) is 76.1 Å². The summed E-state index contributed by atoms with van der Waals surface area (Å²) in [5.74, 6) is -0.896. The van der Waals surface area contributed by atoms with Gasteiger partial charge in [-0.2, -0.15) is 0 Å². The number of methoxy groups -OCH3 is 2. The Morgan fingerprint density at radius 1 is 1.39 bits per heavy atom. The molecule has 96 valence electrons. The van der Waals surface area contributed by atoms with Crippen molar-refractivity contribution in [1.82, 2.24) is 0 Å². The first-order valence-electron chi connectivity index (χ1n) is 5.33. The summed E-state index contributed by atoms with van der Waals surface area (Å²) in [6, 6.07) is 5.69. The number of hydrogen-bond donors (Lipinski definition) is 1. The Morgan fingerprint density at radius 2 is 2.11 bits per heavy atom. The lowest BCUT2D eigenvalue weighted by atomic mass is 9.96. The number of carboxylic acids is 1. The third-order valence-corrected chi connectivity index (χ3v) is 2.88. The fraction of sp³-hybridized carbons (Fsp3) is 0.333. The van der Waals surface area contributed by atoms with Gasteiger partial charge in [0.05, 0.1) is 7.11 Å². The van der Waals surface area contributed by atoms with Crippen LogP contribution in [0.3, 0.4) is 0 Å². The standard InChI is InChI=1S/C12H13NO5/c1-17-8-5-3-4-7(6-8)13-9(12(15)16)10(18-2)11(13)14/h3-6,9-10H,1-2H3,(H,15,16). The minimum Gasteiger partial charge on any atom is -0.497 e. The lowest BCUT2D eigenvalue weighted by Gasteiger charge is -2.43. The highest BCUT2D eigenvalue weighted by molar-refractivity contribution is 6.12. The summed E-state index contributed by atoms with van der Waals surface area (Å²) in [6.45, 7) is 0. The molecule has 2 unspecified atom stereocenters. The van der Waals surface area contributed by atoms with Gasteiger partial charge in [-0.05, 0) is 12.1 Å². The fourth-order valence-corrected chi connectivity index (χ4v) is 1.98. The molecule has 6 heteroatoms. The lowest BCUT2D eigenvalue weighted by molar-refractivity contribution is -0.155. The van der Waals surface area contributed by atoms with Crippen molar-refractivity contribution < 1.29 is 24.2 Å². The minimum absolute atomic E-state index is 0.363. The largest absolute Gasteiger partial charge is 0.497 e. The molecule has 1 aliphatic rings. The van der Waals surface area contributed by atoms with Crippen LogP contribution in [0.1, 0.15) is 0 Å². The predicted octanol–water partition coefficient (Wildman–Crippen LogP) is 0.510. The summed E-state index contributed by atoms with van der Waals surface area (Å²) < 4.78 is 9.92. The van der Waals surface area contributed by atoms with E-state index in [0.29, 0.717) is 11.4 Å². The second-order valence-electron chi connectivity index (χ2n) is 3.85. The number of nitrogens with zero attached hydrogens (tertiary/aromatic N) is 1. The summed E-state index contributed by atoms with van der Waals surface area (Å²) in [5.41, 5.74) is 0.486. The highest BCUT2D eigenvalue weighted by Crippen LogP contribution is 2.32. The van der Waals surface area contributed by atoms with Crippen molar-refractivity contribution in [3.8, 4) is 5.75 Å². The van der Waals surface area contributed by atoms with Crippen LogP contribution >= 0.6 is 0 Å². The summed E-state index contributed by atoms with van der Waals surface area (Å²) in [7, 11) is 2.82. The van der Waals surface area contributed by atoms with Crippen LogP contribution in [-0.2, 0) is 14.3 Å². The van der Waals surface area contributed by atoms with Gasteiger partial charge in [0.2, 0.25) is 0 Å². The molecule has 0 aromatic heterocycles. The molecular weight excluding hydrogens is 238 g/mol. The molecule has 0 spiro atoms. The van der Waals surface area contributed by atoms with E-state index in [-0.39, 0.29) is 5.91 Å². The van der Waals surface area contributed by atoms with Crippen LogP contribution in [0.5, 0.6) is 5.75 Å². The molecule has 0 bridgehead atoms. The number of carbonyl (C=O) groups excluding carboxylic acids is 1. The smallest absolute Gasteiger partial charge is 0.330 e. The molecule has 2 atom stereocenters. The minimum atomic E-state index is -1.09. The van der Waals surface area contributed by atoms with Crippen LogP contribution < -0.4 is 9.64 Å². The Morgan fingerprint density at radius 3 is 2.67 bits per heavy atom. The Labute approximate surface area is 104 Å². The monoisotopic (exact) mass is 251 g/mol. The molecular formula is C12H13NO5. The van der Waals surface area contributed by atoms with E-state index in [4.69, 9.17) is 14.6 Å². The number of ether oxygens (including phenoxy) is 2. The SMILES string of the molecule is COc1cccc(N2C(=O)C(OC)C2C(=O)O)c1. The zero-order valence-corrected chi connectivity index (χ0v) is 9.99. The van der Waals surface area contributed by atoms with Gasteiger partial charge in [0, 0.05) is 18.9 Å². The average molecular weight is 251 g/mol. The summed E-state index contributed by atoms with van der Waals surface area (Å²) in [6.07, 6.45) is -0.922. The first-order chi connectivity index (χ1) is 8.60. The number of benzene rings is 1. The Kier molecular flexibility index (Phi) is 3.20. The second-order valence-corrected chi connectivity index (χ2v) is 3.85. The maximum absolute atomic E-state index is 11.8. The molecule has 1 fully saturated rings. The van der Waals surface area contributed by atoms with Crippen molar-refractivity contribution in [2.24, 2.45) is 0 Å². The predicted molar refractivity (Wildman–Crippen MR) is 62.7 cm³/mol. The van der Waals surface area contributed by atoms with Gasteiger partial charge >= 0.3 is 5.97 Å². The van der Waals surface area contributed by atoms with Crippen LogP contribution in [0, 0.1) is 0 Å². The van der Waals surface area contributed by atoms with Gasteiger partial charge in [0.1, 0.15) is 5.75 Å². The Hall–Kier alpha value is -2.08. The molecule has 1 aliphatic heterocycles. The van der Waals surface area contributed by atoms with Crippen molar-refractivity contribution in [2.45, 2.75) is 12.1 Å². The van der Waals surface area contributed by atoms with Gasteiger partial charge in [-0.15, -0.1) is 0 Å². The first kappa shape index (κ1) is 12.4. The molecule has 6 nitrogen and oxygen atoms in total. The van der Waals surface area contributed by atoms with Crippen molar-refractivity contribution in [2.75, 3.05) is 19.1 Å². The van der Waals surface area contributed by atoms with E-state index in [1.54, 1.807) is 24.3 Å². The van der Waals surface area contributed by atoms with E-state index in [0.717, 1.165) is 0 Å². The van der Waals surface area contributed by atoms with Crippen LogP contribution in [0.15, 0.2) is 24.3 Å². The number of anilines is 1. The van der Waals surface area contributed by atoms with Crippen molar-refractivity contribution in [3.63, 3.8) is 0 Å². The number of hydrogen-bond acceptors (Lipinski definition) is 4. The number of β-lactam (4-membered cyclic amide) rings is 1. The summed E-state index contributed by atoms with van der Waals surface area (Å²) >= 11 is 0. The summed E-state index contributed by atoms with van der Waals surface area (Å²) in [5, 5.41) is 9.11. The van der Waals surface area contributed by atoms with E-state index >= 15 is 0 Å². The highest BCUT2D eigenvalue weighted by atomic mass is 16.5. The quantitative estimate of drug-likeness (QED) is 0.789. The van der Waals surface area contributed by atoms with E-state index < -0.39 is 18.1 Å². The number of carbonyl (C=O) groups is 2. The molecule has 1 aromatic carbocycles. The van der Waals surface area contributed by atoms with Crippen molar-refractivity contribution >= 4 is 17.6 Å². The molecule has 1 heterocycles. The van der Waals surface area contributed by atoms with Crippen molar-refractivity contribution in [1.29, 1.82) is 0 Å². The van der Waals surface area contributed by atoms with Crippen LogP contribution in [0.2, 0.25) is 0 Å². The fourth-order valence-electron chi connectivity index (χ4n) is 1.98. The van der Waals surface area contributed by atoms with Gasteiger partial charge in [-0.1, -0.05) is 6.07 Å². The molecule has 1 saturated heterocycles. The number of rotatable bonds is 4. The van der Waals surface area contributed by atoms with Crippen molar-refractivity contribution in [3.05, 3.63) is 24.3 Å². The van der Waals surface area contributed by atoms with Gasteiger partial charge in [-0.25, -0.2) is 4.79 Å². The normalized spacial score (nSPS) is 22.6. The lowest BCUT2D eigenvalue weighted by Crippen LogP contribution is -2.69. The highest BCUT2D eigenvalue weighted by Gasteiger charge is 2.53. The first-order valence-corrected chi connectivity index (χ1v) is 5.33. The Balaban J connectivity index is 2.31. The molecule has 1 aromatic rings. The molecule has 1 N–H and O–H groups in total. The van der Waals surface area contributed by atoms with Crippen LogP contribution in [0.25, 0.3) is 0 Å². The van der Waals surface area contributed by atoms with E-state index in [1.807, 2.05) is 0 Å². The van der Waals surface area contributed by atoms with E-state index in [9.17, 15) is 9.59 Å². The zero-order chi connectivity index (χ0) is 13.3. The number of carboxylic acid groups (broad SMARTS) is 1. The molecule has 0 saturated carbocycles. The molecule has 0 aliphatic carbocycles. The second kappa shape index (κ2) is 4.66. The maximum atomic E-state index is 11.8. The van der Waals surface area contributed by atoms with E-state index in [1.165, 1.54) is 19.1 Å². The third-order valence-electron chi connectivity index (χ3n) is 2.88. The Bertz CT molecular complexity index is 487. The molecule has 0 radical (unpaired) electrons. The van der Waals surface area contributed by atoms with Gasteiger partial charge < -0.3 is 14.6 Å². The molecule has 2 rings (SSSR count). The van der Waals surface area contributed by atoms with Crippen LogP contribution in [0.4, 0.5) is 5.69 Å². The maximum Gasteiger partial charge on any atom is 0.330 e. The van der Waals surface area contributed by atoms with Crippen LogP contribution in [-0.4, -0.2) is 43.3 Å². The van der Waals surface area contributed by atoms with E-state index in [2.05, 4.69) is 0 Å². The van der Waals surface area contributed by atoms with Gasteiger partial charge in [0.25, 0.3) is 5.91 Å². The molecule has 1 amide bonds. The molecule has 18 heavy (non-hydrogen) atoms. The number of amides is 1. The van der Waals surface area contributed by atoms with Gasteiger partial charge in [0.15, 0.2) is 12.1 Å². The van der Waals surface area contributed by atoms with Gasteiger partial charge in [-0.3, -0.25) is 9.69 Å². The number of aliphatic carboxylic acids is 1. The summed E-state index contributed by atoms with van der Waals surface area (Å²) in [4.78, 5) is 24.1.